The van der Waals surface area contributed by atoms with Crippen LogP contribution in [-0.2, 0) is 11.2 Å². The zero-order valence-electron chi connectivity index (χ0n) is 10.9. The van der Waals surface area contributed by atoms with Crippen LogP contribution in [0.5, 0.6) is 5.75 Å². The van der Waals surface area contributed by atoms with Crippen LogP contribution in [0.3, 0.4) is 0 Å². The molecule has 0 radical (unpaired) electrons. The number of amides is 1. The molecule has 0 aliphatic rings. The Hall–Kier alpha value is -1.03. The molecule has 1 amide bonds. The molecule has 1 atom stereocenters. The van der Waals surface area contributed by atoms with Gasteiger partial charge in [-0.1, -0.05) is 35.0 Å². The second-order valence-electron chi connectivity index (χ2n) is 4.30. The highest BCUT2D eigenvalue weighted by Crippen LogP contribution is 2.12. The van der Waals surface area contributed by atoms with Gasteiger partial charge >= 0.3 is 0 Å². The van der Waals surface area contributed by atoms with Crippen molar-refractivity contribution in [3.63, 3.8) is 0 Å². The minimum atomic E-state index is 0.0606. The van der Waals surface area contributed by atoms with E-state index in [1.807, 2.05) is 24.3 Å². The number of carbonyl (C=O) groups is 1. The molecular weight excluding hydrogens is 294 g/mol. The Morgan fingerprint density at radius 3 is 2.94 bits per heavy atom. The number of carbonyl (C=O) groups excluding carboxylic acids is 1. The monoisotopic (exact) mass is 313 g/mol. The largest absolute Gasteiger partial charge is 0.497 e. The van der Waals surface area contributed by atoms with Crippen LogP contribution >= 0.6 is 15.9 Å². The van der Waals surface area contributed by atoms with E-state index in [0.717, 1.165) is 30.7 Å². The lowest BCUT2D eigenvalue weighted by Gasteiger charge is -2.07. The highest BCUT2D eigenvalue weighted by Gasteiger charge is 2.04. The van der Waals surface area contributed by atoms with Crippen LogP contribution in [0.2, 0.25) is 0 Å². The number of ether oxygens (including phenoxy) is 1. The summed E-state index contributed by atoms with van der Waals surface area (Å²) in [6, 6.07) is 7.59. The van der Waals surface area contributed by atoms with Crippen molar-refractivity contribution in [2.75, 3.05) is 13.7 Å². The molecule has 0 saturated carbocycles. The minimum absolute atomic E-state index is 0.0606. The molecule has 0 aliphatic heterocycles. The van der Waals surface area contributed by atoms with Gasteiger partial charge in [-0.3, -0.25) is 4.79 Å². The van der Waals surface area contributed by atoms with E-state index in [0.29, 0.717) is 11.2 Å². The van der Waals surface area contributed by atoms with Crippen molar-refractivity contribution < 1.29 is 9.53 Å². The summed E-state index contributed by atoms with van der Waals surface area (Å²) in [6.07, 6.45) is 2.47. The molecule has 1 unspecified atom stereocenters. The van der Waals surface area contributed by atoms with Crippen LogP contribution in [-0.4, -0.2) is 24.4 Å². The number of nitrogens with one attached hydrogen (secondary N) is 1. The maximum atomic E-state index is 11.7. The number of hydrogen-bond acceptors (Lipinski definition) is 2. The molecule has 1 N–H and O–H groups in total. The molecule has 0 fully saturated rings. The Morgan fingerprint density at radius 2 is 2.28 bits per heavy atom. The molecule has 0 aliphatic carbocycles. The Kier molecular flexibility index (Phi) is 6.80. The summed E-state index contributed by atoms with van der Waals surface area (Å²) in [5.74, 6) is 0.846. The van der Waals surface area contributed by atoms with E-state index in [4.69, 9.17) is 4.74 Å². The standard InChI is InChI=1S/C14H20BrNO2/c1-11(15)5-4-8-16-14(17)10-12-6-3-7-13(9-12)18-2/h3,6-7,9,11H,4-5,8,10H2,1-2H3,(H,16,17). The molecule has 1 aromatic rings. The minimum Gasteiger partial charge on any atom is -0.497 e. The molecular formula is C14H20BrNO2. The van der Waals surface area contributed by atoms with Gasteiger partial charge in [0.15, 0.2) is 0 Å². The topological polar surface area (TPSA) is 38.3 Å². The molecule has 0 aromatic heterocycles. The lowest BCUT2D eigenvalue weighted by Crippen LogP contribution is -2.26. The summed E-state index contributed by atoms with van der Waals surface area (Å²) in [5.41, 5.74) is 0.973. The fraction of sp³-hybridized carbons (Fsp3) is 0.500. The van der Waals surface area contributed by atoms with Crippen LogP contribution in [0.25, 0.3) is 0 Å². The molecule has 1 aromatic carbocycles. The van der Waals surface area contributed by atoms with Gasteiger partial charge in [-0.25, -0.2) is 0 Å². The zero-order chi connectivity index (χ0) is 13.4. The average Bonchev–Trinajstić information content (AvgIpc) is 2.34. The fourth-order valence-corrected chi connectivity index (χ4v) is 1.97. The maximum absolute atomic E-state index is 11.7. The Morgan fingerprint density at radius 1 is 1.50 bits per heavy atom. The third-order valence-electron chi connectivity index (χ3n) is 2.60. The fourth-order valence-electron chi connectivity index (χ4n) is 1.64. The summed E-state index contributed by atoms with van der Waals surface area (Å²) in [7, 11) is 1.63. The van der Waals surface area contributed by atoms with Gasteiger partial charge in [0.1, 0.15) is 5.75 Å². The summed E-state index contributed by atoms with van der Waals surface area (Å²) >= 11 is 3.48. The van der Waals surface area contributed by atoms with Gasteiger partial charge in [0.05, 0.1) is 13.5 Å². The summed E-state index contributed by atoms with van der Waals surface area (Å²) < 4.78 is 5.12. The predicted octanol–water partition coefficient (Wildman–Crippen LogP) is 2.92. The number of rotatable bonds is 7. The van der Waals surface area contributed by atoms with Crippen molar-refractivity contribution in [1.82, 2.24) is 5.32 Å². The summed E-state index contributed by atoms with van der Waals surface area (Å²) in [5, 5.41) is 2.92. The quantitative estimate of drug-likeness (QED) is 0.621. The molecule has 0 bridgehead atoms. The van der Waals surface area contributed by atoms with Crippen molar-refractivity contribution in [2.24, 2.45) is 0 Å². The molecule has 18 heavy (non-hydrogen) atoms. The first-order valence-electron chi connectivity index (χ1n) is 6.15. The van der Waals surface area contributed by atoms with Crippen molar-refractivity contribution in [3.05, 3.63) is 29.8 Å². The van der Waals surface area contributed by atoms with Crippen molar-refractivity contribution in [1.29, 1.82) is 0 Å². The van der Waals surface area contributed by atoms with E-state index in [2.05, 4.69) is 28.2 Å². The van der Waals surface area contributed by atoms with Crippen molar-refractivity contribution in [2.45, 2.75) is 31.0 Å². The highest BCUT2D eigenvalue weighted by atomic mass is 79.9. The Bertz CT molecular complexity index is 380. The number of hydrogen-bond donors (Lipinski definition) is 1. The van der Waals surface area contributed by atoms with E-state index in [9.17, 15) is 4.79 Å². The van der Waals surface area contributed by atoms with E-state index >= 15 is 0 Å². The SMILES string of the molecule is COc1cccc(CC(=O)NCCCC(C)Br)c1. The van der Waals surface area contributed by atoms with Gasteiger partial charge in [0.25, 0.3) is 0 Å². The number of benzene rings is 1. The van der Waals surface area contributed by atoms with E-state index in [-0.39, 0.29) is 5.91 Å². The van der Waals surface area contributed by atoms with Gasteiger partial charge in [0, 0.05) is 11.4 Å². The summed E-state index contributed by atoms with van der Waals surface area (Å²) in [4.78, 5) is 12.2. The van der Waals surface area contributed by atoms with Crippen molar-refractivity contribution in [3.8, 4) is 5.75 Å². The molecule has 1 rings (SSSR count). The van der Waals surface area contributed by atoms with E-state index in [1.54, 1.807) is 7.11 Å². The van der Waals surface area contributed by atoms with Gasteiger partial charge in [-0.2, -0.15) is 0 Å². The van der Waals surface area contributed by atoms with Gasteiger partial charge in [-0.05, 0) is 30.5 Å². The first-order valence-corrected chi connectivity index (χ1v) is 7.07. The molecule has 0 spiro atoms. The molecule has 3 nitrogen and oxygen atoms in total. The summed E-state index contributed by atoms with van der Waals surface area (Å²) in [6.45, 7) is 2.84. The van der Waals surface area contributed by atoms with Gasteiger partial charge in [-0.15, -0.1) is 0 Å². The molecule has 0 heterocycles. The van der Waals surface area contributed by atoms with Gasteiger partial charge in [0.2, 0.25) is 5.91 Å². The highest BCUT2D eigenvalue weighted by molar-refractivity contribution is 9.09. The Balaban J connectivity index is 2.30. The van der Waals surface area contributed by atoms with E-state index in [1.165, 1.54) is 0 Å². The van der Waals surface area contributed by atoms with Crippen LogP contribution in [0.4, 0.5) is 0 Å². The van der Waals surface area contributed by atoms with Gasteiger partial charge < -0.3 is 10.1 Å². The van der Waals surface area contributed by atoms with Crippen LogP contribution < -0.4 is 10.1 Å². The molecule has 0 saturated heterocycles. The normalized spacial score (nSPS) is 11.9. The third kappa shape index (κ3) is 6.05. The molecule has 4 heteroatoms. The third-order valence-corrected chi connectivity index (χ3v) is 3.06. The smallest absolute Gasteiger partial charge is 0.224 e. The van der Waals surface area contributed by atoms with Crippen molar-refractivity contribution >= 4 is 21.8 Å². The maximum Gasteiger partial charge on any atom is 0.224 e. The number of methoxy groups -OCH3 is 1. The predicted molar refractivity (Wildman–Crippen MR) is 77.3 cm³/mol. The first-order chi connectivity index (χ1) is 8.61. The average molecular weight is 314 g/mol. The molecule has 100 valence electrons. The second-order valence-corrected chi connectivity index (χ2v) is 5.86. The van der Waals surface area contributed by atoms with Crippen LogP contribution in [0.15, 0.2) is 24.3 Å². The lowest BCUT2D eigenvalue weighted by molar-refractivity contribution is -0.120. The lowest BCUT2D eigenvalue weighted by atomic mass is 10.1. The second kappa shape index (κ2) is 8.14. The Labute approximate surface area is 117 Å². The zero-order valence-corrected chi connectivity index (χ0v) is 12.5. The first kappa shape index (κ1) is 15.0. The number of halogens is 1. The number of alkyl halides is 1. The van der Waals surface area contributed by atoms with E-state index < -0.39 is 0 Å². The van der Waals surface area contributed by atoms with Crippen LogP contribution in [0.1, 0.15) is 25.3 Å². The van der Waals surface area contributed by atoms with Crippen LogP contribution in [0, 0.1) is 0 Å².